The van der Waals surface area contributed by atoms with Gasteiger partial charge >= 0.3 is 0 Å². The number of aromatic hydroxyl groups is 1. The molecule has 2 saturated heterocycles. The first-order chi connectivity index (χ1) is 15.7. The van der Waals surface area contributed by atoms with Gasteiger partial charge in [0.25, 0.3) is 0 Å². The first-order valence-corrected chi connectivity index (χ1v) is 10.3. The van der Waals surface area contributed by atoms with Crippen LogP contribution in [0.1, 0.15) is 5.56 Å². The molecule has 0 aliphatic carbocycles. The molecule has 8 atom stereocenters. The zero-order chi connectivity index (χ0) is 24.2. The average Bonchev–Trinajstić information content (AvgIpc) is 3.10. The van der Waals surface area contributed by atoms with E-state index >= 15 is 0 Å². The number of phenols is 1. The second-order valence-electron chi connectivity index (χ2n) is 7.90. The SMILES string of the molecule is COc1cc(C=CCO[C@H]2O[C@H](CO[C@H]3OC[C@](O)(CO)[C@H]3O)[C@H](O)[C@H](O)[C@@H]2O)ccc1O. The second kappa shape index (κ2) is 11.1. The highest BCUT2D eigenvalue weighted by molar-refractivity contribution is 5.55. The molecule has 2 aliphatic rings. The second-order valence-corrected chi connectivity index (χ2v) is 7.90. The Balaban J connectivity index is 1.53. The van der Waals surface area contributed by atoms with Crippen LogP contribution in [0.25, 0.3) is 6.08 Å². The third kappa shape index (κ3) is 5.81. The highest BCUT2D eigenvalue weighted by Gasteiger charge is 2.50. The van der Waals surface area contributed by atoms with E-state index in [4.69, 9.17) is 23.7 Å². The van der Waals surface area contributed by atoms with Crippen molar-refractivity contribution in [2.75, 3.05) is 33.5 Å². The summed E-state index contributed by atoms with van der Waals surface area (Å²) in [5, 5.41) is 69.3. The summed E-state index contributed by atoms with van der Waals surface area (Å²) in [6, 6.07) is 4.75. The molecule has 0 saturated carbocycles. The Morgan fingerprint density at radius 2 is 1.85 bits per heavy atom. The summed E-state index contributed by atoms with van der Waals surface area (Å²) in [5.41, 5.74) is -1.15. The molecule has 12 nitrogen and oxygen atoms in total. The van der Waals surface area contributed by atoms with E-state index < -0.39 is 55.3 Å². The molecule has 1 aromatic rings. The normalized spacial score (nSPS) is 37.0. The van der Waals surface area contributed by atoms with E-state index in [-0.39, 0.29) is 25.6 Å². The maximum absolute atomic E-state index is 10.2. The molecule has 1 aromatic carbocycles. The summed E-state index contributed by atoms with van der Waals surface area (Å²) in [6.45, 7) is -1.47. The Bertz CT molecular complexity index is 803. The average molecular weight is 474 g/mol. The predicted octanol–water partition coefficient (Wildman–Crippen LogP) is -2.30. The lowest BCUT2D eigenvalue weighted by molar-refractivity contribution is -0.307. The van der Waals surface area contributed by atoms with Gasteiger partial charge in [0.05, 0.1) is 33.5 Å². The summed E-state index contributed by atoms with van der Waals surface area (Å²) in [4.78, 5) is 0. The first-order valence-electron chi connectivity index (χ1n) is 10.3. The van der Waals surface area contributed by atoms with E-state index in [0.717, 1.165) is 5.56 Å². The highest BCUT2D eigenvalue weighted by atomic mass is 16.7. The molecule has 186 valence electrons. The minimum atomic E-state index is -1.87. The van der Waals surface area contributed by atoms with E-state index in [1.54, 1.807) is 24.3 Å². The number of benzene rings is 1. The summed E-state index contributed by atoms with van der Waals surface area (Å²) >= 11 is 0. The van der Waals surface area contributed by atoms with Gasteiger partial charge in [-0.2, -0.15) is 0 Å². The van der Waals surface area contributed by atoms with Gasteiger partial charge in [-0.15, -0.1) is 0 Å². The molecule has 2 fully saturated rings. The van der Waals surface area contributed by atoms with E-state index in [1.165, 1.54) is 13.2 Å². The maximum Gasteiger partial charge on any atom is 0.187 e. The number of hydrogen-bond donors (Lipinski definition) is 7. The van der Waals surface area contributed by atoms with Gasteiger partial charge in [-0.25, -0.2) is 0 Å². The van der Waals surface area contributed by atoms with Gasteiger partial charge in [0.1, 0.15) is 36.1 Å². The molecule has 33 heavy (non-hydrogen) atoms. The van der Waals surface area contributed by atoms with Crippen molar-refractivity contribution in [3.8, 4) is 11.5 Å². The van der Waals surface area contributed by atoms with Crippen LogP contribution in [0.15, 0.2) is 24.3 Å². The molecule has 3 rings (SSSR count). The van der Waals surface area contributed by atoms with Crippen molar-refractivity contribution >= 4 is 6.08 Å². The Morgan fingerprint density at radius 1 is 1.09 bits per heavy atom. The van der Waals surface area contributed by atoms with E-state index in [1.807, 2.05) is 0 Å². The molecule has 2 aliphatic heterocycles. The minimum Gasteiger partial charge on any atom is -0.504 e. The molecule has 2 heterocycles. The molecule has 0 radical (unpaired) electrons. The minimum absolute atomic E-state index is 0.00185. The summed E-state index contributed by atoms with van der Waals surface area (Å²) < 4.78 is 26.5. The first kappa shape index (κ1) is 25.8. The highest BCUT2D eigenvalue weighted by Crippen LogP contribution is 2.28. The fourth-order valence-electron chi connectivity index (χ4n) is 3.45. The molecule has 0 amide bonds. The lowest BCUT2D eigenvalue weighted by Crippen LogP contribution is -2.59. The van der Waals surface area contributed by atoms with Crippen molar-refractivity contribution in [1.29, 1.82) is 0 Å². The third-order valence-corrected chi connectivity index (χ3v) is 5.54. The van der Waals surface area contributed by atoms with Crippen LogP contribution in [0.3, 0.4) is 0 Å². The number of aliphatic hydroxyl groups excluding tert-OH is 5. The van der Waals surface area contributed by atoms with Crippen molar-refractivity contribution in [2.45, 2.75) is 48.7 Å². The van der Waals surface area contributed by atoms with Crippen LogP contribution in [-0.2, 0) is 18.9 Å². The Kier molecular flexibility index (Phi) is 8.64. The summed E-state index contributed by atoms with van der Waals surface area (Å²) in [7, 11) is 1.43. The van der Waals surface area contributed by atoms with Crippen LogP contribution in [0.2, 0.25) is 0 Å². The zero-order valence-electron chi connectivity index (χ0n) is 17.9. The van der Waals surface area contributed by atoms with E-state index in [9.17, 15) is 35.7 Å². The fraction of sp³-hybridized carbons (Fsp3) is 0.619. The predicted molar refractivity (Wildman–Crippen MR) is 110 cm³/mol. The van der Waals surface area contributed by atoms with Gasteiger partial charge in [-0.1, -0.05) is 18.2 Å². The van der Waals surface area contributed by atoms with E-state index in [2.05, 4.69) is 0 Å². The monoisotopic (exact) mass is 474 g/mol. The number of rotatable bonds is 9. The maximum atomic E-state index is 10.2. The molecule has 0 bridgehead atoms. The van der Waals surface area contributed by atoms with Crippen LogP contribution in [0.5, 0.6) is 11.5 Å². The molecule has 7 N–H and O–H groups in total. The lowest BCUT2D eigenvalue weighted by Gasteiger charge is -2.40. The largest absolute Gasteiger partial charge is 0.504 e. The van der Waals surface area contributed by atoms with Crippen molar-refractivity contribution in [3.63, 3.8) is 0 Å². The third-order valence-electron chi connectivity index (χ3n) is 5.54. The smallest absolute Gasteiger partial charge is 0.187 e. The Hall–Kier alpha value is -1.84. The Morgan fingerprint density at radius 3 is 2.52 bits per heavy atom. The topological polar surface area (TPSA) is 188 Å². The van der Waals surface area contributed by atoms with Gasteiger partial charge < -0.3 is 59.4 Å². The molecule has 0 unspecified atom stereocenters. The molecule has 12 heteroatoms. The van der Waals surface area contributed by atoms with Crippen LogP contribution in [0.4, 0.5) is 0 Å². The van der Waals surface area contributed by atoms with Gasteiger partial charge in [-0.3, -0.25) is 0 Å². The number of hydrogen-bond acceptors (Lipinski definition) is 12. The van der Waals surface area contributed by atoms with Gasteiger partial charge in [0.2, 0.25) is 0 Å². The Labute approximate surface area is 189 Å². The van der Waals surface area contributed by atoms with Gasteiger partial charge in [-0.05, 0) is 17.7 Å². The van der Waals surface area contributed by atoms with Gasteiger partial charge in [0.15, 0.2) is 24.1 Å². The number of aliphatic hydroxyl groups is 6. The van der Waals surface area contributed by atoms with Crippen LogP contribution >= 0.6 is 0 Å². The fourth-order valence-corrected chi connectivity index (χ4v) is 3.45. The van der Waals surface area contributed by atoms with Crippen LogP contribution in [0, 0.1) is 0 Å². The lowest BCUT2D eigenvalue weighted by atomic mass is 9.99. The van der Waals surface area contributed by atoms with Crippen molar-refractivity contribution < 1.29 is 59.4 Å². The standard InChI is InChI=1S/C21H30O12/c1-29-13-7-11(4-5-12(13)23)3-2-6-30-19-17(26)16(25)15(24)14(33-19)8-31-20-18(27)21(28,9-22)10-32-20/h2-5,7,14-20,22-28H,6,8-10H2,1H3/t14-,15+,16+,17+,18+,19+,20+,21-/m1/s1. The number of phenolic OH excluding ortho intramolecular Hbond substituents is 1. The van der Waals surface area contributed by atoms with Crippen molar-refractivity contribution in [2.24, 2.45) is 0 Å². The van der Waals surface area contributed by atoms with Crippen molar-refractivity contribution in [1.82, 2.24) is 0 Å². The molecule has 0 aromatic heterocycles. The van der Waals surface area contributed by atoms with Crippen LogP contribution in [-0.4, -0.2) is 118 Å². The molecule has 0 spiro atoms. The summed E-state index contributed by atoms with van der Waals surface area (Å²) in [5.74, 6) is 0.305. The van der Waals surface area contributed by atoms with Crippen LogP contribution < -0.4 is 4.74 Å². The zero-order valence-corrected chi connectivity index (χ0v) is 17.9. The number of methoxy groups -OCH3 is 1. The van der Waals surface area contributed by atoms with Gasteiger partial charge in [0, 0.05) is 0 Å². The van der Waals surface area contributed by atoms with E-state index in [0.29, 0.717) is 5.75 Å². The number of ether oxygens (including phenoxy) is 5. The van der Waals surface area contributed by atoms with Crippen molar-refractivity contribution in [3.05, 3.63) is 29.8 Å². The molecular weight excluding hydrogens is 444 g/mol. The quantitative estimate of drug-likeness (QED) is 0.203. The summed E-state index contributed by atoms with van der Waals surface area (Å²) in [6.07, 6.45) is -6.60. The molecular formula is C21H30O12.